The van der Waals surface area contributed by atoms with Crippen molar-refractivity contribution in [3.05, 3.63) is 34.9 Å². The highest BCUT2D eigenvalue weighted by atomic mass is 19.1. The van der Waals surface area contributed by atoms with Gasteiger partial charge in [-0.2, -0.15) is 0 Å². The highest BCUT2D eigenvalue weighted by molar-refractivity contribution is 5.98. The van der Waals surface area contributed by atoms with E-state index >= 15 is 0 Å². The Bertz CT molecular complexity index is 445. The molecule has 2 unspecified atom stereocenters. The fourth-order valence-electron chi connectivity index (χ4n) is 2.02. The molecule has 3 nitrogen and oxygen atoms in total. The van der Waals surface area contributed by atoms with Crippen molar-refractivity contribution < 1.29 is 14.3 Å². The Morgan fingerprint density at radius 2 is 2.24 bits per heavy atom. The Morgan fingerprint density at radius 3 is 2.88 bits per heavy atom. The SMILES string of the molecule is Cc1ccc2c(c1)CN(CC(F)C(C)O)C2=O. The summed E-state index contributed by atoms with van der Waals surface area (Å²) < 4.78 is 13.4. The molecule has 0 fully saturated rings. The van der Waals surface area contributed by atoms with Crippen molar-refractivity contribution in [1.29, 1.82) is 0 Å². The van der Waals surface area contributed by atoms with Crippen LogP contribution >= 0.6 is 0 Å². The number of nitrogens with zero attached hydrogens (tertiary/aromatic N) is 1. The maximum Gasteiger partial charge on any atom is 0.254 e. The number of halogens is 1. The topological polar surface area (TPSA) is 40.5 Å². The Kier molecular flexibility index (Phi) is 3.15. The van der Waals surface area contributed by atoms with E-state index in [1.54, 1.807) is 6.07 Å². The Morgan fingerprint density at radius 1 is 1.53 bits per heavy atom. The predicted octanol–water partition coefficient (Wildman–Crippen LogP) is 1.67. The average molecular weight is 237 g/mol. The molecule has 1 aliphatic heterocycles. The van der Waals surface area contributed by atoms with Crippen molar-refractivity contribution >= 4 is 5.91 Å². The minimum absolute atomic E-state index is 0.0514. The van der Waals surface area contributed by atoms with Crippen molar-refractivity contribution in [2.45, 2.75) is 32.7 Å². The third kappa shape index (κ3) is 2.31. The lowest BCUT2D eigenvalue weighted by atomic mass is 10.1. The van der Waals surface area contributed by atoms with Crippen LogP contribution in [0, 0.1) is 6.92 Å². The van der Waals surface area contributed by atoms with Gasteiger partial charge in [-0.15, -0.1) is 0 Å². The minimum atomic E-state index is -1.39. The Labute approximate surface area is 99.9 Å². The Balaban J connectivity index is 2.14. The molecule has 0 saturated carbocycles. The number of aryl methyl sites for hydroxylation is 1. The van der Waals surface area contributed by atoms with E-state index in [9.17, 15) is 9.18 Å². The number of benzene rings is 1. The van der Waals surface area contributed by atoms with Gasteiger partial charge in [-0.3, -0.25) is 4.79 Å². The van der Waals surface area contributed by atoms with Crippen molar-refractivity contribution in [3.63, 3.8) is 0 Å². The van der Waals surface area contributed by atoms with Crippen LogP contribution in [0.5, 0.6) is 0 Å². The van der Waals surface area contributed by atoms with Crippen molar-refractivity contribution in [2.24, 2.45) is 0 Å². The van der Waals surface area contributed by atoms with Crippen molar-refractivity contribution in [1.82, 2.24) is 4.90 Å². The minimum Gasteiger partial charge on any atom is -0.390 e. The van der Waals surface area contributed by atoms with Crippen LogP contribution in [-0.4, -0.2) is 34.7 Å². The summed E-state index contributed by atoms with van der Waals surface area (Å²) in [6.07, 6.45) is -2.44. The Hall–Kier alpha value is -1.42. The summed E-state index contributed by atoms with van der Waals surface area (Å²) >= 11 is 0. The van der Waals surface area contributed by atoms with Gasteiger partial charge in [0.15, 0.2) is 0 Å². The predicted molar refractivity (Wildman–Crippen MR) is 62.5 cm³/mol. The molecule has 0 spiro atoms. The smallest absolute Gasteiger partial charge is 0.254 e. The van der Waals surface area contributed by atoms with Gasteiger partial charge < -0.3 is 10.0 Å². The number of alkyl halides is 1. The lowest BCUT2D eigenvalue weighted by Gasteiger charge is -2.19. The molecule has 2 atom stereocenters. The largest absolute Gasteiger partial charge is 0.390 e. The fourth-order valence-corrected chi connectivity index (χ4v) is 2.02. The zero-order valence-electron chi connectivity index (χ0n) is 9.98. The van der Waals surface area contributed by atoms with Crippen LogP contribution in [-0.2, 0) is 6.54 Å². The van der Waals surface area contributed by atoms with E-state index in [1.165, 1.54) is 11.8 Å². The van der Waals surface area contributed by atoms with Crippen molar-refractivity contribution in [3.8, 4) is 0 Å². The first kappa shape index (κ1) is 12.0. The molecule has 1 N–H and O–H groups in total. The molecule has 0 aromatic heterocycles. The second kappa shape index (κ2) is 4.45. The van der Waals surface area contributed by atoms with E-state index in [-0.39, 0.29) is 12.5 Å². The average Bonchev–Trinajstić information content (AvgIpc) is 2.55. The summed E-state index contributed by atoms with van der Waals surface area (Å²) in [5.74, 6) is -0.150. The first-order valence-corrected chi connectivity index (χ1v) is 5.70. The summed E-state index contributed by atoms with van der Waals surface area (Å²) in [4.78, 5) is 13.4. The van der Waals surface area contributed by atoms with E-state index < -0.39 is 12.3 Å². The van der Waals surface area contributed by atoms with Crippen LogP contribution in [0.25, 0.3) is 0 Å². The molecule has 1 heterocycles. The van der Waals surface area contributed by atoms with E-state index in [0.717, 1.165) is 11.1 Å². The monoisotopic (exact) mass is 237 g/mol. The third-order valence-corrected chi connectivity index (χ3v) is 3.06. The van der Waals surface area contributed by atoms with Gasteiger partial charge in [0.1, 0.15) is 6.17 Å². The van der Waals surface area contributed by atoms with Gasteiger partial charge in [0, 0.05) is 12.1 Å². The van der Waals surface area contributed by atoms with E-state index in [1.807, 2.05) is 19.1 Å². The number of aliphatic hydroxyl groups excluding tert-OH is 1. The number of fused-ring (bicyclic) bond motifs is 1. The molecule has 92 valence electrons. The van der Waals surface area contributed by atoms with E-state index in [0.29, 0.717) is 12.1 Å². The second-order valence-corrected chi connectivity index (χ2v) is 4.60. The second-order valence-electron chi connectivity index (χ2n) is 4.60. The molecule has 1 aromatic carbocycles. The molecule has 0 bridgehead atoms. The van der Waals surface area contributed by atoms with Gasteiger partial charge in [0.2, 0.25) is 0 Å². The van der Waals surface area contributed by atoms with Gasteiger partial charge >= 0.3 is 0 Å². The van der Waals surface area contributed by atoms with Crippen LogP contribution in [0.3, 0.4) is 0 Å². The first-order valence-electron chi connectivity index (χ1n) is 5.70. The summed E-state index contributed by atoms with van der Waals surface area (Å²) in [6.45, 7) is 3.73. The van der Waals surface area contributed by atoms with Gasteiger partial charge in [0.25, 0.3) is 5.91 Å². The molecule has 0 saturated heterocycles. The zero-order chi connectivity index (χ0) is 12.6. The number of amides is 1. The quantitative estimate of drug-likeness (QED) is 0.868. The molecule has 0 radical (unpaired) electrons. The standard InChI is InChI=1S/C13H16FNO2/c1-8-3-4-11-10(5-8)6-15(13(11)17)7-12(14)9(2)16/h3-5,9,12,16H,6-7H2,1-2H3. The first-order chi connectivity index (χ1) is 7.99. The molecule has 2 rings (SSSR count). The van der Waals surface area contributed by atoms with E-state index in [4.69, 9.17) is 5.11 Å². The molecule has 1 amide bonds. The highest BCUT2D eigenvalue weighted by Crippen LogP contribution is 2.24. The number of hydrogen-bond donors (Lipinski definition) is 1. The summed E-state index contributed by atoms with van der Waals surface area (Å²) in [5, 5.41) is 9.12. The lowest BCUT2D eigenvalue weighted by molar-refractivity contribution is 0.0515. The maximum atomic E-state index is 13.4. The van der Waals surface area contributed by atoms with Crippen LogP contribution in [0.4, 0.5) is 4.39 Å². The van der Waals surface area contributed by atoms with E-state index in [2.05, 4.69) is 0 Å². The van der Waals surface area contributed by atoms with Crippen molar-refractivity contribution in [2.75, 3.05) is 6.54 Å². The number of hydrogen-bond acceptors (Lipinski definition) is 2. The molecule has 17 heavy (non-hydrogen) atoms. The highest BCUT2D eigenvalue weighted by Gasteiger charge is 2.30. The normalized spacial score (nSPS) is 18.1. The number of rotatable bonds is 3. The van der Waals surface area contributed by atoms with Gasteiger partial charge in [0.05, 0.1) is 12.6 Å². The third-order valence-electron chi connectivity index (χ3n) is 3.06. The lowest BCUT2D eigenvalue weighted by Crippen LogP contribution is -2.35. The van der Waals surface area contributed by atoms with Crippen LogP contribution in [0.1, 0.15) is 28.4 Å². The van der Waals surface area contributed by atoms with Gasteiger partial charge in [-0.1, -0.05) is 17.7 Å². The summed E-state index contributed by atoms with van der Waals surface area (Å²) in [5.41, 5.74) is 2.67. The zero-order valence-corrected chi connectivity index (χ0v) is 9.98. The number of carbonyl (C=O) groups excluding carboxylic acids is 1. The molecule has 4 heteroatoms. The molecular formula is C13H16FNO2. The molecule has 1 aliphatic rings. The summed E-state index contributed by atoms with van der Waals surface area (Å²) in [6, 6.07) is 5.60. The number of carbonyl (C=O) groups is 1. The van der Waals surface area contributed by atoms with Gasteiger partial charge in [-0.25, -0.2) is 4.39 Å². The number of aliphatic hydroxyl groups is 1. The van der Waals surface area contributed by atoms with Gasteiger partial charge in [-0.05, 0) is 25.5 Å². The molecular weight excluding hydrogens is 221 g/mol. The summed E-state index contributed by atoms with van der Waals surface area (Å²) in [7, 11) is 0. The fraction of sp³-hybridized carbons (Fsp3) is 0.462. The van der Waals surface area contributed by atoms with Crippen LogP contribution in [0.2, 0.25) is 0 Å². The van der Waals surface area contributed by atoms with Crippen LogP contribution in [0.15, 0.2) is 18.2 Å². The maximum absolute atomic E-state index is 13.4. The molecule has 1 aromatic rings. The molecule has 0 aliphatic carbocycles. The van der Waals surface area contributed by atoms with Crippen LogP contribution < -0.4 is 0 Å².